The lowest BCUT2D eigenvalue weighted by Crippen LogP contribution is -2.51. The highest BCUT2D eigenvalue weighted by atomic mass is 16.2. The average molecular weight is 278 g/mol. The Bertz CT molecular complexity index is 416. The quantitative estimate of drug-likeness (QED) is 0.863. The molecule has 1 fully saturated rings. The molecule has 1 saturated heterocycles. The summed E-state index contributed by atoms with van der Waals surface area (Å²) < 4.78 is 0. The molecule has 1 amide bonds. The fourth-order valence-electron chi connectivity index (χ4n) is 2.90. The summed E-state index contributed by atoms with van der Waals surface area (Å²) in [7, 11) is 0. The maximum Gasteiger partial charge on any atom is 0.225 e. The van der Waals surface area contributed by atoms with Crippen molar-refractivity contribution >= 4 is 5.91 Å². The van der Waals surface area contributed by atoms with Gasteiger partial charge in [-0.3, -0.25) is 4.79 Å². The van der Waals surface area contributed by atoms with E-state index in [0.29, 0.717) is 12.0 Å². The van der Waals surface area contributed by atoms with Gasteiger partial charge in [-0.25, -0.2) is 4.98 Å². The van der Waals surface area contributed by atoms with Crippen molar-refractivity contribution in [3.63, 3.8) is 0 Å². The minimum absolute atomic E-state index is 0.0973. The van der Waals surface area contributed by atoms with Gasteiger partial charge in [-0.1, -0.05) is 27.2 Å². The molecule has 20 heavy (non-hydrogen) atoms. The van der Waals surface area contributed by atoms with E-state index in [1.54, 1.807) is 6.20 Å². The van der Waals surface area contributed by atoms with Gasteiger partial charge in [-0.05, 0) is 12.3 Å². The van der Waals surface area contributed by atoms with E-state index in [2.05, 4.69) is 22.2 Å². The molecule has 1 aromatic heterocycles. The van der Waals surface area contributed by atoms with Crippen molar-refractivity contribution in [2.24, 2.45) is 11.8 Å². The highest BCUT2D eigenvalue weighted by molar-refractivity contribution is 5.78. The van der Waals surface area contributed by atoms with Gasteiger partial charge in [0.2, 0.25) is 5.91 Å². The number of likely N-dealkylation sites (tertiary alicyclic amines) is 1. The monoisotopic (exact) mass is 278 g/mol. The SMILES string of the molecule is CC[C@H]1CN(C(=O)C(C)C)CC[C@H]1NCc1ncc[nH]1. The zero-order valence-corrected chi connectivity index (χ0v) is 12.7. The fourth-order valence-corrected chi connectivity index (χ4v) is 2.90. The molecular weight excluding hydrogens is 252 g/mol. The second-order valence-corrected chi connectivity index (χ2v) is 5.92. The number of aromatic nitrogens is 2. The molecule has 2 heterocycles. The van der Waals surface area contributed by atoms with E-state index in [1.165, 1.54) is 0 Å². The number of rotatable bonds is 5. The summed E-state index contributed by atoms with van der Waals surface area (Å²) in [6, 6.07) is 0.473. The molecule has 5 heteroatoms. The summed E-state index contributed by atoms with van der Waals surface area (Å²) in [5, 5.41) is 3.58. The number of nitrogens with one attached hydrogen (secondary N) is 2. The Kier molecular flexibility index (Phi) is 5.17. The summed E-state index contributed by atoms with van der Waals surface area (Å²) in [5.41, 5.74) is 0. The minimum Gasteiger partial charge on any atom is -0.348 e. The Morgan fingerprint density at radius 3 is 3.00 bits per heavy atom. The zero-order chi connectivity index (χ0) is 14.5. The van der Waals surface area contributed by atoms with E-state index >= 15 is 0 Å². The third kappa shape index (κ3) is 3.60. The number of aromatic amines is 1. The first-order chi connectivity index (χ1) is 9.61. The lowest BCUT2D eigenvalue weighted by Gasteiger charge is -2.39. The van der Waals surface area contributed by atoms with Crippen LogP contribution in [-0.2, 0) is 11.3 Å². The Labute approximate surface area is 121 Å². The van der Waals surface area contributed by atoms with E-state index in [1.807, 2.05) is 24.9 Å². The van der Waals surface area contributed by atoms with Gasteiger partial charge >= 0.3 is 0 Å². The van der Waals surface area contributed by atoms with Gasteiger partial charge < -0.3 is 15.2 Å². The van der Waals surface area contributed by atoms with Crippen LogP contribution in [0.2, 0.25) is 0 Å². The van der Waals surface area contributed by atoms with Crippen molar-refractivity contribution in [2.75, 3.05) is 13.1 Å². The molecule has 2 atom stereocenters. The summed E-state index contributed by atoms with van der Waals surface area (Å²) in [6.07, 6.45) is 5.74. The molecule has 5 nitrogen and oxygen atoms in total. The van der Waals surface area contributed by atoms with Crippen LogP contribution in [0.4, 0.5) is 0 Å². The number of nitrogens with zero attached hydrogens (tertiary/aromatic N) is 2. The van der Waals surface area contributed by atoms with Crippen LogP contribution in [0.1, 0.15) is 39.4 Å². The van der Waals surface area contributed by atoms with E-state index in [9.17, 15) is 4.79 Å². The summed E-state index contributed by atoms with van der Waals surface area (Å²) >= 11 is 0. The van der Waals surface area contributed by atoms with Crippen molar-refractivity contribution < 1.29 is 4.79 Å². The Hall–Kier alpha value is -1.36. The molecule has 2 N–H and O–H groups in total. The van der Waals surface area contributed by atoms with Crippen LogP contribution in [-0.4, -0.2) is 39.9 Å². The second kappa shape index (κ2) is 6.88. The van der Waals surface area contributed by atoms with Crippen molar-refractivity contribution in [1.29, 1.82) is 0 Å². The van der Waals surface area contributed by atoms with Crippen LogP contribution in [0.3, 0.4) is 0 Å². The lowest BCUT2D eigenvalue weighted by molar-refractivity contribution is -0.136. The number of hydrogen-bond donors (Lipinski definition) is 2. The van der Waals surface area contributed by atoms with Gasteiger partial charge in [0.05, 0.1) is 6.54 Å². The topological polar surface area (TPSA) is 61.0 Å². The van der Waals surface area contributed by atoms with E-state index < -0.39 is 0 Å². The average Bonchev–Trinajstić information content (AvgIpc) is 2.97. The lowest BCUT2D eigenvalue weighted by atomic mass is 9.89. The van der Waals surface area contributed by atoms with Crippen LogP contribution in [0, 0.1) is 11.8 Å². The number of piperidine rings is 1. The molecule has 0 saturated carbocycles. The van der Waals surface area contributed by atoms with Gasteiger partial charge in [-0.15, -0.1) is 0 Å². The first kappa shape index (κ1) is 15.0. The standard InChI is InChI=1S/C15H26N4O/c1-4-12-10-19(15(20)11(2)3)8-5-13(12)18-9-14-16-6-7-17-14/h6-7,11-13,18H,4-5,8-10H2,1-3H3,(H,16,17)/t12-,13+/m0/s1. The normalized spacial score (nSPS) is 23.3. The maximum absolute atomic E-state index is 12.1. The number of amides is 1. The molecule has 0 unspecified atom stereocenters. The largest absolute Gasteiger partial charge is 0.348 e. The molecule has 112 valence electrons. The van der Waals surface area contributed by atoms with Crippen molar-refractivity contribution in [1.82, 2.24) is 20.2 Å². The second-order valence-electron chi connectivity index (χ2n) is 5.92. The molecular formula is C15H26N4O. The molecule has 1 aliphatic rings. The summed E-state index contributed by atoms with van der Waals surface area (Å²) in [4.78, 5) is 21.5. The van der Waals surface area contributed by atoms with Crippen molar-refractivity contribution in [3.8, 4) is 0 Å². The van der Waals surface area contributed by atoms with Crippen LogP contribution < -0.4 is 5.32 Å². The predicted molar refractivity (Wildman–Crippen MR) is 79.0 cm³/mol. The minimum atomic E-state index is 0.0973. The first-order valence-electron chi connectivity index (χ1n) is 7.62. The van der Waals surface area contributed by atoms with Gasteiger partial charge in [-0.2, -0.15) is 0 Å². The molecule has 1 aliphatic heterocycles. The Morgan fingerprint density at radius 2 is 2.40 bits per heavy atom. The number of carbonyl (C=O) groups is 1. The highest BCUT2D eigenvalue weighted by Crippen LogP contribution is 2.22. The number of hydrogen-bond acceptors (Lipinski definition) is 3. The van der Waals surface area contributed by atoms with Crippen molar-refractivity contribution in [3.05, 3.63) is 18.2 Å². The third-order valence-corrected chi connectivity index (χ3v) is 4.15. The molecule has 2 rings (SSSR count). The molecule has 0 bridgehead atoms. The third-order valence-electron chi connectivity index (χ3n) is 4.15. The first-order valence-corrected chi connectivity index (χ1v) is 7.62. The van der Waals surface area contributed by atoms with Gasteiger partial charge in [0, 0.05) is 37.4 Å². The molecule has 0 aromatic carbocycles. The summed E-state index contributed by atoms with van der Waals surface area (Å²) in [5.74, 6) is 1.88. The van der Waals surface area contributed by atoms with Crippen LogP contribution in [0.15, 0.2) is 12.4 Å². The zero-order valence-electron chi connectivity index (χ0n) is 12.7. The van der Waals surface area contributed by atoms with Crippen LogP contribution in [0.25, 0.3) is 0 Å². The number of imidazole rings is 1. The van der Waals surface area contributed by atoms with Gasteiger partial charge in [0.1, 0.15) is 5.82 Å². The molecule has 0 spiro atoms. The van der Waals surface area contributed by atoms with Gasteiger partial charge in [0.25, 0.3) is 0 Å². The van der Waals surface area contributed by atoms with Crippen LogP contribution >= 0.6 is 0 Å². The van der Waals surface area contributed by atoms with Crippen molar-refractivity contribution in [2.45, 2.75) is 46.2 Å². The van der Waals surface area contributed by atoms with E-state index in [4.69, 9.17) is 0 Å². The number of carbonyl (C=O) groups excluding carboxylic acids is 1. The fraction of sp³-hybridized carbons (Fsp3) is 0.733. The highest BCUT2D eigenvalue weighted by Gasteiger charge is 2.30. The van der Waals surface area contributed by atoms with Gasteiger partial charge in [0.15, 0.2) is 0 Å². The van der Waals surface area contributed by atoms with E-state index in [-0.39, 0.29) is 11.8 Å². The Morgan fingerprint density at radius 1 is 1.60 bits per heavy atom. The Balaban J connectivity index is 1.88. The maximum atomic E-state index is 12.1. The predicted octanol–water partition coefficient (Wildman–Crippen LogP) is 1.78. The summed E-state index contributed by atoms with van der Waals surface area (Å²) in [6.45, 7) is 8.67. The molecule has 0 radical (unpaired) electrons. The smallest absolute Gasteiger partial charge is 0.225 e. The molecule has 1 aromatic rings. The molecule has 0 aliphatic carbocycles. The number of H-pyrrole nitrogens is 1. The van der Waals surface area contributed by atoms with Crippen LogP contribution in [0.5, 0.6) is 0 Å². The van der Waals surface area contributed by atoms with E-state index in [0.717, 1.165) is 38.3 Å².